The standard InChI is InChI=1S/C31H35Cl2F3N2O3/c1-41-25-8-6-24(7-9-25)38-15-10-21(30(38)40)16-26-27(32)17-22(18-28(26)33)19-2-4-20(5-3-19)29(39)37-13-11-23(12-14-37)31(34,35)36/h2-5,17-18,21,23-25H,6-16H2,1H3/t21-,24?,25?/m0/s1. The maximum Gasteiger partial charge on any atom is 0.391 e. The first kappa shape index (κ1) is 30.2. The summed E-state index contributed by atoms with van der Waals surface area (Å²) in [5.41, 5.74) is 2.77. The van der Waals surface area contributed by atoms with Crippen molar-refractivity contribution in [1.82, 2.24) is 9.80 Å². The molecular weight excluding hydrogens is 576 g/mol. The topological polar surface area (TPSA) is 49.9 Å². The Labute approximate surface area is 248 Å². The second-order valence-electron chi connectivity index (χ2n) is 11.5. The Morgan fingerprint density at radius 3 is 2.07 bits per heavy atom. The summed E-state index contributed by atoms with van der Waals surface area (Å²) in [7, 11) is 1.74. The third kappa shape index (κ3) is 6.70. The first-order chi connectivity index (χ1) is 19.5. The summed E-state index contributed by atoms with van der Waals surface area (Å²) in [6, 6.07) is 10.8. The molecule has 1 aliphatic carbocycles. The minimum Gasteiger partial charge on any atom is -0.381 e. The van der Waals surface area contributed by atoms with Crippen LogP contribution in [-0.4, -0.2) is 66.7 Å². The molecule has 2 amide bonds. The molecular formula is C31H35Cl2F3N2O3. The molecule has 3 aliphatic rings. The number of amides is 2. The summed E-state index contributed by atoms with van der Waals surface area (Å²) < 4.78 is 44.4. The highest BCUT2D eigenvalue weighted by atomic mass is 35.5. The number of hydrogen-bond acceptors (Lipinski definition) is 3. The van der Waals surface area contributed by atoms with Crippen molar-refractivity contribution in [2.45, 2.75) is 69.7 Å². The van der Waals surface area contributed by atoms with E-state index < -0.39 is 12.1 Å². The highest BCUT2D eigenvalue weighted by molar-refractivity contribution is 6.36. The molecule has 5 rings (SSSR count). The van der Waals surface area contributed by atoms with E-state index in [1.54, 1.807) is 31.4 Å². The van der Waals surface area contributed by atoms with E-state index in [0.29, 0.717) is 22.0 Å². The van der Waals surface area contributed by atoms with Gasteiger partial charge < -0.3 is 14.5 Å². The van der Waals surface area contributed by atoms with Crippen LogP contribution in [0.15, 0.2) is 36.4 Å². The molecule has 2 saturated heterocycles. The van der Waals surface area contributed by atoms with Crippen LogP contribution < -0.4 is 0 Å². The van der Waals surface area contributed by atoms with Crippen LogP contribution in [0.5, 0.6) is 0 Å². The van der Waals surface area contributed by atoms with E-state index in [1.807, 2.05) is 17.0 Å². The maximum atomic E-state index is 13.3. The van der Waals surface area contributed by atoms with Crippen LogP contribution in [0.4, 0.5) is 13.2 Å². The van der Waals surface area contributed by atoms with Crippen molar-refractivity contribution >= 4 is 35.0 Å². The fourth-order valence-electron chi connectivity index (χ4n) is 6.52. The predicted octanol–water partition coefficient (Wildman–Crippen LogP) is 7.42. The van der Waals surface area contributed by atoms with Crippen LogP contribution in [0.2, 0.25) is 10.0 Å². The van der Waals surface area contributed by atoms with Gasteiger partial charge in [0.2, 0.25) is 5.91 Å². The van der Waals surface area contributed by atoms with Crippen molar-refractivity contribution in [3.05, 3.63) is 57.6 Å². The number of halogens is 5. The summed E-state index contributed by atoms with van der Waals surface area (Å²) in [5.74, 6) is -1.60. The minimum atomic E-state index is -4.22. The Morgan fingerprint density at radius 1 is 0.902 bits per heavy atom. The molecule has 0 N–H and O–H groups in total. The highest BCUT2D eigenvalue weighted by Gasteiger charge is 2.42. The smallest absolute Gasteiger partial charge is 0.381 e. The van der Waals surface area contributed by atoms with Crippen molar-refractivity contribution in [3.8, 4) is 11.1 Å². The lowest BCUT2D eigenvalue weighted by molar-refractivity contribution is -0.183. The molecule has 0 aromatic heterocycles. The minimum absolute atomic E-state index is 0.0729. The normalized spacial score (nSPS) is 24.2. The highest BCUT2D eigenvalue weighted by Crippen LogP contribution is 2.38. The van der Waals surface area contributed by atoms with Crippen LogP contribution in [0.1, 0.15) is 60.9 Å². The molecule has 222 valence electrons. The van der Waals surface area contributed by atoms with Gasteiger partial charge in [0.25, 0.3) is 5.91 Å². The Balaban J connectivity index is 1.21. The van der Waals surface area contributed by atoms with Crippen LogP contribution in [0, 0.1) is 11.8 Å². The number of methoxy groups -OCH3 is 1. The van der Waals surface area contributed by atoms with Crippen LogP contribution in [0.25, 0.3) is 11.1 Å². The number of hydrogen-bond donors (Lipinski definition) is 0. The van der Waals surface area contributed by atoms with Crippen LogP contribution in [-0.2, 0) is 16.0 Å². The third-order valence-electron chi connectivity index (χ3n) is 9.07. The molecule has 1 saturated carbocycles. The summed E-state index contributed by atoms with van der Waals surface area (Å²) in [4.78, 5) is 29.6. The van der Waals surface area contributed by atoms with E-state index in [0.717, 1.165) is 55.3 Å². The van der Waals surface area contributed by atoms with Crippen LogP contribution in [0.3, 0.4) is 0 Å². The van der Waals surface area contributed by atoms with Crippen LogP contribution >= 0.6 is 23.2 Å². The average molecular weight is 612 g/mol. The van der Waals surface area contributed by atoms with Gasteiger partial charge in [0.15, 0.2) is 0 Å². The van der Waals surface area contributed by atoms with Gasteiger partial charge in [0, 0.05) is 54.3 Å². The molecule has 0 bridgehead atoms. The van der Waals surface area contributed by atoms with Crippen molar-refractivity contribution in [2.75, 3.05) is 26.7 Å². The molecule has 41 heavy (non-hydrogen) atoms. The molecule has 1 atom stereocenters. The first-order valence-electron chi connectivity index (χ1n) is 14.3. The van der Waals surface area contributed by atoms with E-state index in [4.69, 9.17) is 27.9 Å². The van der Waals surface area contributed by atoms with Crippen molar-refractivity contribution in [2.24, 2.45) is 11.8 Å². The third-order valence-corrected chi connectivity index (χ3v) is 9.74. The lowest BCUT2D eigenvalue weighted by Crippen LogP contribution is -2.42. The molecule has 0 spiro atoms. The van der Waals surface area contributed by atoms with Crippen molar-refractivity contribution < 1.29 is 27.5 Å². The van der Waals surface area contributed by atoms with Gasteiger partial charge in [0.1, 0.15) is 0 Å². The zero-order valence-electron chi connectivity index (χ0n) is 23.1. The fraction of sp³-hybridized carbons (Fsp3) is 0.548. The molecule has 2 aromatic carbocycles. The van der Waals surface area contributed by atoms with Gasteiger partial charge in [-0.25, -0.2) is 0 Å². The fourth-order valence-corrected chi connectivity index (χ4v) is 7.16. The van der Waals surface area contributed by atoms with E-state index in [2.05, 4.69) is 0 Å². The van der Waals surface area contributed by atoms with E-state index in [-0.39, 0.29) is 55.8 Å². The molecule has 3 fully saturated rings. The lowest BCUT2D eigenvalue weighted by atomic mass is 9.91. The number of alkyl halides is 3. The molecule has 5 nitrogen and oxygen atoms in total. The van der Waals surface area contributed by atoms with Gasteiger partial charge in [-0.3, -0.25) is 9.59 Å². The Hall–Kier alpha value is -2.29. The van der Waals surface area contributed by atoms with Gasteiger partial charge in [-0.2, -0.15) is 13.2 Å². The maximum absolute atomic E-state index is 13.3. The van der Waals surface area contributed by atoms with Gasteiger partial charge in [-0.05, 0) is 92.3 Å². The zero-order chi connectivity index (χ0) is 29.3. The Bertz CT molecular complexity index is 1230. The Morgan fingerprint density at radius 2 is 1.51 bits per heavy atom. The number of piperidine rings is 1. The molecule has 0 unspecified atom stereocenters. The quantitative estimate of drug-likeness (QED) is 0.342. The number of nitrogens with zero attached hydrogens (tertiary/aromatic N) is 2. The van der Waals surface area contributed by atoms with Crippen molar-refractivity contribution in [1.29, 1.82) is 0 Å². The zero-order valence-corrected chi connectivity index (χ0v) is 24.6. The monoisotopic (exact) mass is 610 g/mol. The molecule has 10 heteroatoms. The van der Waals surface area contributed by atoms with E-state index >= 15 is 0 Å². The lowest BCUT2D eigenvalue weighted by Gasteiger charge is -2.34. The molecule has 2 heterocycles. The number of likely N-dealkylation sites (tertiary alicyclic amines) is 2. The average Bonchev–Trinajstić information content (AvgIpc) is 3.33. The number of ether oxygens (including phenoxy) is 1. The van der Waals surface area contributed by atoms with E-state index in [9.17, 15) is 22.8 Å². The molecule has 0 radical (unpaired) electrons. The first-order valence-corrected chi connectivity index (χ1v) is 15.1. The number of benzene rings is 2. The predicted molar refractivity (Wildman–Crippen MR) is 153 cm³/mol. The van der Waals surface area contributed by atoms with Gasteiger partial charge >= 0.3 is 6.18 Å². The van der Waals surface area contributed by atoms with E-state index in [1.165, 1.54) is 4.90 Å². The molecule has 2 aliphatic heterocycles. The Kier molecular flexibility index (Phi) is 9.22. The SMILES string of the molecule is COC1CCC(N2CC[C@@H](Cc3c(Cl)cc(-c4ccc(C(=O)N5CCC(C(F)(F)F)CC5)cc4)cc3Cl)C2=O)CC1. The summed E-state index contributed by atoms with van der Waals surface area (Å²) in [5, 5.41) is 0.985. The number of rotatable bonds is 6. The van der Waals surface area contributed by atoms with Gasteiger partial charge in [-0.15, -0.1) is 0 Å². The second kappa shape index (κ2) is 12.5. The second-order valence-corrected chi connectivity index (χ2v) is 12.3. The van der Waals surface area contributed by atoms with Gasteiger partial charge in [0.05, 0.1) is 12.0 Å². The number of carbonyl (C=O) groups is 2. The largest absolute Gasteiger partial charge is 0.391 e. The van der Waals surface area contributed by atoms with Gasteiger partial charge in [-0.1, -0.05) is 35.3 Å². The number of carbonyl (C=O) groups excluding carboxylic acids is 2. The summed E-state index contributed by atoms with van der Waals surface area (Å²) in [6.45, 7) is 0.936. The van der Waals surface area contributed by atoms with Crippen molar-refractivity contribution in [3.63, 3.8) is 0 Å². The molecule has 2 aromatic rings. The summed E-state index contributed by atoms with van der Waals surface area (Å²) in [6.07, 6.45) is 1.08. The summed E-state index contributed by atoms with van der Waals surface area (Å²) >= 11 is 13.4.